The van der Waals surface area contributed by atoms with Crippen LogP contribution in [0.1, 0.15) is 57.9 Å². The topological polar surface area (TPSA) is 102 Å². The molecule has 9 heteroatoms. The molecule has 0 aromatic heterocycles. The van der Waals surface area contributed by atoms with Crippen molar-refractivity contribution in [1.82, 2.24) is 9.79 Å². The molecule has 1 unspecified atom stereocenters. The van der Waals surface area contributed by atoms with Crippen LogP contribution in [0.5, 0.6) is 0 Å². The van der Waals surface area contributed by atoms with Crippen LogP contribution in [0.3, 0.4) is 0 Å². The molecule has 2 rings (SSSR count). The number of hydrogen-bond acceptors (Lipinski definition) is 6. The van der Waals surface area contributed by atoms with Crippen molar-refractivity contribution in [3.63, 3.8) is 0 Å². The molecule has 0 radical (unpaired) electrons. The van der Waals surface area contributed by atoms with E-state index < -0.39 is 16.0 Å². The minimum Gasteiger partial charge on any atom is -0.445 e. The highest BCUT2D eigenvalue weighted by Gasteiger charge is 2.29. The van der Waals surface area contributed by atoms with Gasteiger partial charge in [-0.25, -0.2) is 13.2 Å². The SMILES string of the molecule is CCCCS(=O)(=O)NOC(=O)C(CC)CC1CCN(C(=O)OCc2ccccc2)CC1. The van der Waals surface area contributed by atoms with Crippen LogP contribution in [0, 0.1) is 11.8 Å². The number of carbonyl (C=O) groups is 2. The van der Waals surface area contributed by atoms with E-state index in [0.29, 0.717) is 32.4 Å². The van der Waals surface area contributed by atoms with Crippen LogP contribution in [0.4, 0.5) is 4.79 Å². The predicted molar refractivity (Wildman–Crippen MR) is 117 cm³/mol. The van der Waals surface area contributed by atoms with Crippen molar-refractivity contribution < 1.29 is 27.6 Å². The van der Waals surface area contributed by atoms with E-state index in [1.807, 2.05) is 49.1 Å². The Kier molecular flexibility index (Phi) is 10.3. The van der Waals surface area contributed by atoms with Crippen molar-refractivity contribution in [2.75, 3.05) is 18.8 Å². The van der Waals surface area contributed by atoms with Gasteiger partial charge in [-0.05, 0) is 48.5 Å². The molecule has 1 N–H and O–H groups in total. The third kappa shape index (κ3) is 8.86. The molecule has 1 aromatic carbocycles. The molecular formula is C22H34N2O6S. The predicted octanol–water partition coefficient (Wildman–Crippen LogP) is 3.63. The summed E-state index contributed by atoms with van der Waals surface area (Å²) in [6.07, 6.45) is 3.64. The number of unbranched alkanes of at least 4 members (excludes halogenated alkanes) is 1. The van der Waals surface area contributed by atoms with E-state index >= 15 is 0 Å². The second kappa shape index (κ2) is 12.7. The Morgan fingerprint density at radius 1 is 1.16 bits per heavy atom. The number of likely N-dealkylation sites (tertiary alicyclic amines) is 1. The number of rotatable bonds is 11. The number of piperidine rings is 1. The van der Waals surface area contributed by atoms with E-state index in [-0.39, 0.29) is 30.3 Å². The molecule has 0 bridgehead atoms. The van der Waals surface area contributed by atoms with Gasteiger partial charge in [0.2, 0.25) is 10.0 Å². The smallest absolute Gasteiger partial charge is 0.410 e. The lowest BCUT2D eigenvalue weighted by atomic mass is 9.86. The first-order valence-corrected chi connectivity index (χ1v) is 12.7. The summed E-state index contributed by atoms with van der Waals surface area (Å²) in [4.78, 5) is 33.1. The Morgan fingerprint density at radius 2 is 1.84 bits per heavy atom. The number of nitrogens with one attached hydrogen (secondary N) is 1. The highest BCUT2D eigenvalue weighted by atomic mass is 32.2. The van der Waals surface area contributed by atoms with Crippen LogP contribution >= 0.6 is 0 Å². The number of nitrogens with zero attached hydrogens (tertiary/aromatic N) is 1. The maximum absolute atomic E-state index is 12.3. The maximum Gasteiger partial charge on any atom is 0.410 e. The van der Waals surface area contributed by atoms with Gasteiger partial charge in [0.1, 0.15) is 6.61 Å². The van der Waals surface area contributed by atoms with Crippen molar-refractivity contribution in [3.05, 3.63) is 35.9 Å². The third-order valence-electron chi connectivity index (χ3n) is 5.56. The van der Waals surface area contributed by atoms with E-state index in [1.165, 1.54) is 0 Å². The first-order chi connectivity index (χ1) is 14.8. The van der Waals surface area contributed by atoms with Crippen molar-refractivity contribution in [3.8, 4) is 0 Å². The molecule has 31 heavy (non-hydrogen) atoms. The fourth-order valence-electron chi connectivity index (χ4n) is 3.56. The van der Waals surface area contributed by atoms with Crippen LogP contribution in [0.15, 0.2) is 30.3 Å². The molecule has 1 fully saturated rings. The largest absolute Gasteiger partial charge is 0.445 e. The van der Waals surface area contributed by atoms with Gasteiger partial charge >= 0.3 is 12.1 Å². The lowest BCUT2D eigenvalue weighted by Crippen LogP contribution is -2.39. The number of sulfonamides is 1. The first-order valence-electron chi connectivity index (χ1n) is 11.0. The molecule has 1 saturated heterocycles. The van der Waals surface area contributed by atoms with Gasteiger partial charge in [-0.1, -0.05) is 50.6 Å². The Balaban J connectivity index is 1.73. The minimum absolute atomic E-state index is 0.0631. The monoisotopic (exact) mass is 454 g/mol. The lowest BCUT2D eigenvalue weighted by Gasteiger charge is -2.32. The van der Waals surface area contributed by atoms with Gasteiger partial charge in [-0.2, -0.15) is 0 Å². The summed E-state index contributed by atoms with van der Waals surface area (Å²) in [7, 11) is -3.61. The summed E-state index contributed by atoms with van der Waals surface area (Å²) in [5, 5.41) is 0. The summed E-state index contributed by atoms with van der Waals surface area (Å²) in [5.74, 6) is -0.720. The van der Waals surface area contributed by atoms with Gasteiger partial charge in [-0.3, -0.25) is 4.79 Å². The van der Waals surface area contributed by atoms with Crippen LogP contribution in [-0.2, 0) is 31.0 Å². The Morgan fingerprint density at radius 3 is 2.45 bits per heavy atom. The molecule has 1 aliphatic rings. The quantitative estimate of drug-likeness (QED) is 0.512. The summed E-state index contributed by atoms with van der Waals surface area (Å²) in [5.41, 5.74) is 0.945. The molecular weight excluding hydrogens is 420 g/mol. The highest BCUT2D eigenvalue weighted by Crippen LogP contribution is 2.27. The van der Waals surface area contributed by atoms with E-state index in [0.717, 1.165) is 24.8 Å². The number of carbonyl (C=O) groups excluding carboxylic acids is 2. The van der Waals surface area contributed by atoms with Crippen LogP contribution < -0.4 is 4.89 Å². The zero-order valence-electron chi connectivity index (χ0n) is 18.4. The van der Waals surface area contributed by atoms with Crippen molar-refractivity contribution in [1.29, 1.82) is 0 Å². The average molecular weight is 455 g/mol. The van der Waals surface area contributed by atoms with Crippen molar-refractivity contribution in [2.24, 2.45) is 11.8 Å². The Labute approximate surface area is 185 Å². The Hall–Kier alpha value is -2.13. The lowest BCUT2D eigenvalue weighted by molar-refractivity contribution is -0.153. The second-order valence-electron chi connectivity index (χ2n) is 7.99. The minimum atomic E-state index is -3.61. The molecule has 1 heterocycles. The fraction of sp³-hybridized carbons (Fsp3) is 0.636. The van der Waals surface area contributed by atoms with Gasteiger partial charge in [0, 0.05) is 13.1 Å². The van der Waals surface area contributed by atoms with Crippen LogP contribution in [-0.4, -0.2) is 44.2 Å². The maximum atomic E-state index is 12.3. The zero-order chi connectivity index (χ0) is 22.7. The molecule has 1 aromatic rings. The van der Waals surface area contributed by atoms with E-state index in [4.69, 9.17) is 9.57 Å². The molecule has 0 saturated carbocycles. The van der Waals surface area contributed by atoms with Crippen molar-refractivity contribution in [2.45, 2.75) is 59.0 Å². The van der Waals surface area contributed by atoms with E-state index in [9.17, 15) is 18.0 Å². The van der Waals surface area contributed by atoms with E-state index in [2.05, 4.69) is 0 Å². The molecule has 0 aliphatic carbocycles. The van der Waals surface area contributed by atoms with Gasteiger partial charge in [0.05, 0.1) is 11.7 Å². The number of benzene rings is 1. The fourth-order valence-corrected chi connectivity index (χ4v) is 4.52. The van der Waals surface area contributed by atoms with Crippen molar-refractivity contribution >= 4 is 22.1 Å². The molecule has 1 aliphatic heterocycles. The summed E-state index contributed by atoms with van der Waals surface area (Å²) >= 11 is 0. The van der Waals surface area contributed by atoms with Crippen LogP contribution in [0.2, 0.25) is 0 Å². The highest BCUT2D eigenvalue weighted by molar-refractivity contribution is 7.89. The van der Waals surface area contributed by atoms with Gasteiger partial charge in [0.25, 0.3) is 0 Å². The van der Waals surface area contributed by atoms with Gasteiger partial charge in [-0.15, -0.1) is 0 Å². The molecule has 8 nitrogen and oxygen atoms in total. The van der Waals surface area contributed by atoms with E-state index in [1.54, 1.807) is 4.90 Å². The summed E-state index contributed by atoms with van der Waals surface area (Å²) < 4.78 is 29.0. The number of amides is 1. The normalized spacial score (nSPS) is 16.0. The number of ether oxygens (including phenoxy) is 1. The Bertz CT molecular complexity index is 791. The molecule has 1 amide bonds. The average Bonchev–Trinajstić information content (AvgIpc) is 2.79. The number of hydrogen-bond donors (Lipinski definition) is 1. The first kappa shape index (κ1) is 25.1. The standard InChI is InChI=1S/C22H34N2O6S/c1-3-5-15-31(27,28)23-30-21(25)20(4-2)16-18-11-13-24(14-12-18)22(26)29-17-19-9-7-6-8-10-19/h6-10,18,20,23H,3-5,11-17H2,1-2H3. The van der Waals surface area contributed by atoms with Gasteiger partial charge in [0.15, 0.2) is 0 Å². The zero-order valence-corrected chi connectivity index (χ0v) is 19.2. The third-order valence-corrected chi connectivity index (χ3v) is 6.72. The van der Waals surface area contributed by atoms with Crippen LogP contribution in [0.25, 0.3) is 0 Å². The molecule has 174 valence electrons. The summed E-state index contributed by atoms with van der Waals surface area (Å²) in [6.45, 7) is 5.18. The summed E-state index contributed by atoms with van der Waals surface area (Å²) in [6, 6.07) is 9.54. The second-order valence-corrected chi connectivity index (χ2v) is 9.79. The van der Waals surface area contributed by atoms with Gasteiger partial charge < -0.3 is 14.5 Å². The molecule has 1 atom stereocenters. The molecule has 0 spiro atoms.